The molecule has 20 heavy (non-hydrogen) atoms. The molecule has 0 aliphatic rings. The molecule has 0 aliphatic heterocycles. The maximum atomic E-state index is 6.33. The third kappa shape index (κ3) is 2.21. The molecule has 1 unspecified atom stereocenters. The van der Waals surface area contributed by atoms with Gasteiger partial charge < -0.3 is 5.73 Å². The van der Waals surface area contributed by atoms with E-state index in [4.69, 9.17) is 5.73 Å². The Hall–Kier alpha value is -1.79. The average Bonchev–Trinajstić information content (AvgIpc) is 3.05. The Bertz CT molecular complexity index is 730. The van der Waals surface area contributed by atoms with Crippen molar-refractivity contribution in [2.45, 2.75) is 25.8 Å². The van der Waals surface area contributed by atoms with Gasteiger partial charge in [0.2, 0.25) is 0 Å². The van der Waals surface area contributed by atoms with Crippen LogP contribution in [0.15, 0.2) is 24.3 Å². The second kappa shape index (κ2) is 5.30. The van der Waals surface area contributed by atoms with Gasteiger partial charge in [-0.1, -0.05) is 29.6 Å². The molecular weight excluding hydrogens is 270 g/mol. The molecule has 104 valence electrons. The third-order valence-corrected chi connectivity index (χ3v) is 4.40. The predicted octanol–water partition coefficient (Wildman–Crippen LogP) is 2.23. The van der Waals surface area contributed by atoms with Gasteiger partial charge in [0.1, 0.15) is 0 Å². The molecule has 0 aliphatic carbocycles. The monoisotopic (exact) mass is 287 g/mol. The summed E-state index contributed by atoms with van der Waals surface area (Å²) < 4.78 is 5.92. The van der Waals surface area contributed by atoms with E-state index in [2.05, 4.69) is 33.7 Å². The van der Waals surface area contributed by atoms with Gasteiger partial charge in [-0.15, -0.1) is 5.10 Å². The number of para-hydroxylation sites is 1. The van der Waals surface area contributed by atoms with E-state index in [1.807, 2.05) is 23.9 Å². The van der Waals surface area contributed by atoms with Crippen LogP contribution in [0.5, 0.6) is 0 Å². The molecule has 0 saturated carbocycles. The van der Waals surface area contributed by atoms with Gasteiger partial charge in [-0.05, 0) is 24.0 Å². The molecule has 1 atom stereocenters. The lowest BCUT2D eigenvalue weighted by molar-refractivity contribution is 0.683. The molecule has 5 nitrogen and oxygen atoms in total. The molecule has 0 spiro atoms. The molecule has 3 rings (SSSR count). The van der Waals surface area contributed by atoms with Crippen LogP contribution in [0.25, 0.3) is 10.9 Å². The summed E-state index contributed by atoms with van der Waals surface area (Å²) in [4.78, 5) is 1.07. The molecule has 0 radical (unpaired) electrons. The number of fused-ring (bicyclic) bond motifs is 1. The minimum absolute atomic E-state index is 0.0942. The first-order valence-corrected chi connectivity index (χ1v) is 7.45. The van der Waals surface area contributed by atoms with Crippen LogP contribution in [-0.2, 0) is 19.9 Å². The molecule has 2 N–H and O–H groups in total. The molecular formula is C14H17N5S. The summed E-state index contributed by atoms with van der Waals surface area (Å²) in [6.45, 7) is 2.07. The SMILES string of the molecule is CCc1nnsc1C(N)Cc1nn(C)c2ccccc12. The third-order valence-electron chi connectivity index (χ3n) is 3.50. The second-order valence-electron chi connectivity index (χ2n) is 4.84. The Morgan fingerprint density at radius 1 is 1.30 bits per heavy atom. The molecule has 2 aromatic heterocycles. The summed E-state index contributed by atoms with van der Waals surface area (Å²) in [5.41, 5.74) is 9.50. The lowest BCUT2D eigenvalue weighted by Crippen LogP contribution is -2.14. The van der Waals surface area contributed by atoms with E-state index in [0.717, 1.165) is 28.2 Å². The highest BCUT2D eigenvalue weighted by molar-refractivity contribution is 7.05. The zero-order chi connectivity index (χ0) is 14.1. The Morgan fingerprint density at radius 2 is 2.10 bits per heavy atom. The molecule has 0 bridgehead atoms. The van der Waals surface area contributed by atoms with Crippen LogP contribution in [0.1, 0.15) is 29.2 Å². The summed E-state index contributed by atoms with van der Waals surface area (Å²) >= 11 is 1.39. The highest BCUT2D eigenvalue weighted by atomic mass is 32.1. The smallest absolute Gasteiger partial charge is 0.0801 e. The Morgan fingerprint density at radius 3 is 2.90 bits per heavy atom. The second-order valence-corrected chi connectivity index (χ2v) is 5.62. The van der Waals surface area contributed by atoms with Crippen molar-refractivity contribution in [1.29, 1.82) is 0 Å². The summed E-state index contributed by atoms with van der Waals surface area (Å²) in [6.07, 6.45) is 1.57. The van der Waals surface area contributed by atoms with Gasteiger partial charge in [0, 0.05) is 24.9 Å². The number of rotatable bonds is 4. The molecule has 0 fully saturated rings. The van der Waals surface area contributed by atoms with Gasteiger partial charge in [0.25, 0.3) is 0 Å². The largest absolute Gasteiger partial charge is 0.323 e. The molecule has 6 heteroatoms. The lowest BCUT2D eigenvalue weighted by atomic mass is 10.1. The van der Waals surface area contributed by atoms with Crippen molar-refractivity contribution in [3.8, 4) is 0 Å². The topological polar surface area (TPSA) is 69.6 Å². The van der Waals surface area contributed by atoms with Crippen LogP contribution in [0.4, 0.5) is 0 Å². The molecule has 3 aromatic rings. The fourth-order valence-corrected chi connectivity index (χ4v) is 3.22. The van der Waals surface area contributed by atoms with E-state index in [1.54, 1.807) is 0 Å². The Balaban J connectivity index is 1.93. The predicted molar refractivity (Wildman–Crippen MR) is 80.6 cm³/mol. The van der Waals surface area contributed by atoms with Gasteiger partial charge >= 0.3 is 0 Å². The van der Waals surface area contributed by atoms with Gasteiger partial charge in [-0.25, -0.2) is 0 Å². The van der Waals surface area contributed by atoms with Crippen molar-refractivity contribution >= 4 is 22.4 Å². The van der Waals surface area contributed by atoms with E-state index in [1.165, 1.54) is 16.9 Å². The minimum Gasteiger partial charge on any atom is -0.323 e. The van der Waals surface area contributed by atoms with Crippen molar-refractivity contribution in [3.63, 3.8) is 0 Å². The standard InChI is InChI=1S/C14H17N5S/c1-3-11-14(20-18-16-11)10(15)8-12-9-6-4-5-7-13(9)19(2)17-12/h4-7,10H,3,8,15H2,1-2H3. The van der Waals surface area contributed by atoms with Gasteiger partial charge in [-0.3, -0.25) is 4.68 Å². The average molecular weight is 287 g/mol. The molecule has 1 aromatic carbocycles. The molecule has 2 heterocycles. The van der Waals surface area contributed by atoms with Crippen LogP contribution in [0.2, 0.25) is 0 Å². The van der Waals surface area contributed by atoms with Crippen LogP contribution in [-0.4, -0.2) is 19.4 Å². The van der Waals surface area contributed by atoms with E-state index >= 15 is 0 Å². The maximum Gasteiger partial charge on any atom is 0.0801 e. The van der Waals surface area contributed by atoms with Crippen molar-refractivity contribution in [1.82, 2.24) is 19.4 Å². The van der Waals surface area contributed by atoms with E-state index in [9.17, 15) is 0 Å². The van der Waals surface area contributed by atoms with Gasteiger partial charge in [0.05, 0.1) is 21.8 Å². The fourth-order valence-electron chi connectivity index (χ4n) is 2.48. The zero-order valence-electron chi connectivity index (χ0n) is 11.6. The molecule has 0 saturated heterocycles. The van der Waals surface area contributed by atoms with Crippen molar-refractivity contribution in [2.24, 2.45) is 12.8 Å². The molecule has 0 amide bonds. The van der Waals surface area contributed by atoms with Crippen molar-refractivity contribution < 1.29 is 0 Å². The first kappa shape index (κ1) is 13.2. The normalized spacial score (nSPS) is 12.9. The highest BCUT2D eigenvalue weighted by Crippen LogP contribution is 2.25. The highest BCUT2D eigenvalue weighted by Gasteiger charge is 2.18. The number of hydrogen-bond donors (Lipinski definition) is 1. The summed E-state index contributed by atoms with van der Waals surface area (Å²) in [6, 6.07) is 8.13. The first-order chi connectivity index (χ1) is 9.70. The summed E-state index contributed by atoms with van der Waals surface area (Å²) in [5, 5.41) is 9.89. The Kier molecular flexibility index (Phi) is 3.50. The number of aromatic nitrogens is 4. The minimum atomic E-state index is -0.0942. The first-order valence-electron chi connectivity index (χ1n) is 6.68. The van der Waals surface area contributed by atoms with Crippen LogP contribution >= 0.6 is 11.5 Å². The zero-order valence-corrected chi connectivity index (χ0v) is 12.4. The van der Waals surface area contributed by atoms with Crippen LogP contribution in [0.3, 0.4) is 0 Å². The van der Waals surface area contributed by atoms with Crippen LogP contribution in [0, 0.1) is 0 Å². The van der Waals surface area contributed by atoms with Crippen molar-refractivity contribution in [3.05, 3.63) is 40.5 Å². The summed E-state index contributed by atoms with van der Waals surface area (Å²) in [5.74, 6) is 0. The van der Waals surface area contributed by atoms with Gasteiger partial charge in [-0.2, -0.15) is 5.10 Å². The number of hydrogen-bond acceptors (Lipinski definition) is 5. The number of benzene rings is 1. The summed E-state index contributed by atoms with van der Waals surface area (Å²) in [7, 11) is 1.96. The van der Waals surface area contributed by atoms with Gasteiger partial charge in [0.15, 0.2) is 0 Å². The number of nitrogens with two attached hydrogens (primary N) is 1. The number of aryl methyl sites for hydroxylation is 2. The number of nitrogens with zero attached hydrogens (tertiary/aromatic N) is 4. The van der Waals surface area contributed by atoms with Crippen LogP contribution < -0.4 is 5.73 Å². The quantitative estimate of drug-likeness (QED) is 0.799. The maximum absolute atomic E-state index is 6.33. The lowest BCUT2D eigenvalue weighted by Gasteiger charge is -2.08. The van der Waals surface area contributed by atoms with E-state index < -0.39 is 0 Å². The fraction of sp³-hybridized carbons (Fsp3) is 0.357. The Labute approximate surface area is 121 Å². The van der Waals surface area contributed by atoms with E-state index in [-0.39, 0.29) is 6.04 Å². The van der Waals surface area contributed by atoms with E-state index in [0.29, 0.717) is 6.42 Å². The van der Waals surface area contributed by atoms with Crippen molar-refractivity contribution in [2.75, 3.05) is 0 Å².